The van der Waals surface area contributed by atoms with E-state index in [4.69, 9.17) is 0 Å². The number of amides is 2. The fraction of sp³-hybridized carbons (Fsp3) is 0.500. The second kappa shape index (κ2) is 6.07. The summed E-state index contributed by atoms with van der Waals surface area (Å²) >= 11 is 3.00. The number of imide groups is 1. The molecule has 0 spiro atoms. The van der Waals surface area contributed by atoms with E-state index in [0.29, 0.717) is 5.69 Å². The maximum absolute atomic E-state index is 13.4. The molecule has 2 saturated carbocycles. The van der Waals surface area contributed by atoms with Gasteiger partial charge in [0.05, 0.1) is 22.5 Å². The van der Waals surface area contributed by atoms with Crippen LogP contribution < -0.4 is 9.77 Å². The van der Waals surface area contributed by atoms with Gasteiger partial charge in [-0.15, -0.1) is 11.8 Å². The Labute approximate surface area is 181 Å². The average molecular weight is 445 g/mol. The lowest BCUT2D eigenvalue weighted by Crippen LogP contribution is -2.49. The highest BCUT2D eigenvalue weighted by Crippen LogP contribution is 2.69. The summed E-state index contributed by atoms with van der Waals surface area (Å²) < 4.78 is 13.4. The van der Waals surface area contributed by atoms with Crippen LogP contribution in [0.5, 0.6) is 0 Å². The second-order valence-electron chi connectivity index (χ2n) is 9.16. The van der Waals surface area contributed by atoms with Crippen molar-refractivity contribution in [3.8, 4) is 0 Å². The number of fused-ring (bicyclic) bond motifs is 9. The molecule has 2 aliphatic carbocycles. The SMILES string of the molecule is CC[C@]1(C)c2sc(=O)[nH]c2S[C@@H]2[C@H]3C[C@@H]([C@@H]4C(=O)N(c5ccc(F)cc5)C(=O)[C@@H]34)[C@@H]21. The lowest BCUT2D eigenvalue weighted by atomic mass is 9.62. The van der Waals surface area contributed by atoms with Crippen molar-refractivity contribution in [2.75, 3.05) is 4.90 Å². The summed E-state index contributed by atoms with van der Waals surface area (Å²) in [5.74, 6) is -0.770. The Morgan fingerprint density at radius 1 is 1.13 bits per heavy atom. The minimum Gasteiger partial charge on any atom is -0.307 e. The molecule has 3 heterocycles. The van der Waals surface area contributed by atoms with Crippen LogP contribution in [0.1, 0.15) is 31.6 Å². The fourth-order valence-corrected chi connectivity index (χ4v) is 9.93. The van der Waals surface area contributed by atoms with E-state index in [1.54, 1.807) is 11.8 Å². The van der Waals surface area contributed by atoms with Crippen LogP contribution in [0.3, 0.4) is 0 Å². The van der Waals surface area contributed by atoms with Crippen molar-refractivity contribution in [3.05, 3.63) is 44.6 Å². The maximum Gasteiger partial charge on any atom is 0.305 e. The Morgan fingerprint density at radius 3 is 2.47 bits per heavy atom. The molecular weight excluding hydrogens is 423 g/mol. The lowest BCUT2D eigenvalue weighted by Gasteiger charge is -2.48. The number of H-pyrrole nitrogens is 1. The molecule has 2 aromatic rings. The molecule has 5 nitrogen and oxygen atoms in total. The summed E-state index contributed by atoms with van der Waals surface area (Å²) in [7, 11) is 0. The van der Waals surface area contributed by atoms with Gasteiger partial charge in [-0.1, -0.05) is 25.2 Å². The number of nitrogens with one attached hydrogen (secondary N) is 1. The summed E-state index contributed by atoms with van der Waals surface area (Å²) in [6.45, 7) is 4.37. The molecule has 1 aromatic heterocycles. The number of hydrogen-bond donors (Lipinski definition) is 1. The van der Waals surface area contributed by atoms with E-state index >= 15 is 0 Å². The van der Waals surface area contributed by atoms with Crippen molar-refractivity contribution in [1.29, 1.82) is 0 Å². The van der Waals surface area contributed by atoms with E-state index < -0.39 is 0 Å². The Balaban J connectivity index is 1.43. The standard InChI is InChI=1S/C22H21FN2O3S2/c1-3-22(2)15-11-8-12(16(15)29-18-17(22)30-21(28)24-18)14-13(11)19(26)25(20(14)27)10-6-4-9(23)5-7-10/h4-7,11-16H,3,8H2,1-2H3,(H,24,28)/t11-,12-,13-,14-,15-,16+,22-/m0/s1. The molecule has 8 heteroatoms. The first kappa shape index (κ1) is 18.8. The molecule has 6 rings (SSSR count). The van der Waals surface area contributed by atoms with Gasteiger partial charge in [0.15, 0.2) is 0 Å². The van der Waals surface area contributed by atoms with Crippen LogP contribution in [-0.2, 0) is 15.0 Å². The van der Waals surface area contributed by atoms with Crippen LogP contribution in [0.4, 0.5) is 10.1 Å². The molecule has 2 amide bonds. The van der Waals surface area contributed by atoms with Crippen LogP contribution in [0, 0.1) is 35.4 Å². The van der Waals surface area contributed by atoms with Crippen molar-refractivity contribution in [3.63, 3.8) is 0 Å². The molecule has 156 valence electrons. The van der Waals surface area contributed by atoms with Crippen LogP contribution in [-0.4, -0.2) is 22.0 Å². The van der Waals surface area contributed by atoms with Gasteiger partial charge < -0.3 is 4.98 Å². The van der Waals surface area contributed by atoms with Gasteiger partial charge in [-0.05, 0) is 54.9 Å². The van der Waals surface area contributed by atoms with Crippen LogP contribution in [0.15, 0.2) is 34.1 Å². The Morgan fingerprint density at radius 2 is 1.80 bits per heavy atom. The van der Waals surface area contributed by atoms with Crippen molar-refractivity contribution in [1.82, 2.24) is 4.98 Å². The zero-order chi connectivity index (χ0) is 20.9. The Bertz CT molecular complexity index is 1140. The van der Waals surface area contributed by atoms with E-state index in [1.165, 1.54) is 40.5 Å². The van der Waals surface area contributed by atoms with E-state index in [2.05, 4.69) is 18.8 Å². The van der Waals surface area contributed by atoms with Gasteiger partial charge in [0.25, 0.3) is 0 Å². The first-order valence-electron chi connectivity index (χ1n) is 10.4. The molecule has 2 aliphatic heterocycles. The smallest absolute Gasteiger partial charge is 0.305 e. The summed E-state index contributed by atoms with van der Waals surface area (Å²) in [5.41, 5.74) is 0.282. The van der Waals surface area contributed by atoms with Crippen molar-refractivity contribution < 1.29 is 14.0 Å². The number of thioether (sulfide) groups is 1. The number of aromatic nitrogens is 1. The second-order valence-corrected chi connectivity index (χ2v) is 11.3. The first-order valence-corrected chi connectivity index (χ1v) is 12.1. The molecule has 4 aliphatic rings. The minimum absolute atomic E-state index is 0.0330. The van der Waals surface area contributed by atoms with Crippen molar-refractivity contribution >= 4 is 40.6 Å². The number of anilines is 1. The summed E-state index contributed by atoms with van der Waals surface area (Å²) in [5, 5.41) is 1.18. The molecular formula is C22H21FN2O3S2. The van der Waals surface area contributed by atoms with E-state index in [0.717, 1.165) is 22.7 Å². The van der Waals surface area contributed by atoms with Crippen molar-refractivity contribution in [2.45, 2.75) is 42.4 Å². The highest BCUT2D eigenvalue weighted by atomic mass is 32.2. The number of thiazole rings is 1. The maximum atomic E-state index is 13.4. The number of hydrogen-bond acceptors (Lipinski definition) is 5. The summed E-state index contributed by atoms with van der Waals surface area (Å²) in [6.07, 6.45) is 1.78. The Hall–Kier alpha value is -1.93. The Kier molecular flexibility index (Phi) is 3.80. The highest BCUT2D eigenvalue weighted by Gasteiger charge is 2.71. The fourth-order valence-electron chi connectivity index (χ4n) is 6.74. The summed E-state index contributed by atoms with van der Waals surface area (Å²) in [6, 6.07) is 5.59. The highest BCUT2D eigenvalue weighted by molar-refractivity contribution is 8.00. The van der Waals surface area contributed by atoms with Gasteiger partial charge in [-0.2, -0.15) is 0 Å². The average Bonchev–Trinajstić information content (AvgIpc) is 3.44. The molecule has 1 aromatic carbocycles. The topological polar surface area (TPSA) is 70.2 Å². The van der Waals surface area contributed by atoms with E-state index in [-0.39, 0.29) is 62.8 Å². The number of aromatic amines is 1. The molecule has 2 bridgehead atoms. The number of carbonyl (C=O) groups excluding carboxylic acids is 2. The largest absolute Gasteiger partial charge is 0.307 e. The third kappa shape index (κ3) is 2.16. The van der Waals surface area contributed by atoms with Gasteiger partial charge >= 0.3 is 4.87 Å². The predicted octanol–water partition coefficient (Wildman–Crippen LogP) is 3.79. The minimum atomic E-state index is -0.389. The van der Waals surface area contributed by atoms with Crippen LogP contribution in [0.25, 0.3) is 0 Å². The van der Waals surface area contributed by atoms with Gasteiger partial charge in [-0.3, -0.25) is 19.3 Å². The predicted molar refractivity (Wildman–Crippen MR) is 113 cm³/mol. The van der Waals surface area contributed by atoms with Gasteiger partial charge in [0.1, 0.15) is 5.82 Å². The number of rotatable bonds is 2. The zero-order valence-corrected chi connectivity index (χ0v) is 18.2. The molecule has 7 atom stereocenters. The number of nitrogens with zero attached hydrogens (tertiary/aromatic N) is 1. The third-order valence-electron chi connectivity index (χ3n) is 8.05. The van der Waals surface area contributed by atoms with E-state index in [9.17, 15) is 18.8 Å². The molecule has 3 fully saturated rings. The summed E-state index contributed by atoms with van der Waals surface area (Å²) in [4.78, 5) is 44.3. The molecule has 30 heavy (non-hydrogen) atoms. The molecule has 0 radical (unpaired) electrons. The third-order valence-corrected chi connectivity index (χ3v) is 10.8. The van der Waals surface area contributed by atoms with Gasteiger partial charge in [0.2, 0.25) is 11.8 Å². The van der Waals surface area contributed by atoms with Crippen molar-refractivity contribution in [2.24, 2.45) is 29.6 Å². The van der Waals surface area contributed by atoms with Crippen LogP contribution in [0.2, 0.25) is 0 Å². The van der Waals surface area contributed by atoms with Gasteiger partial charge in [0, 0.05) is 15.5 Å². The lowest BCUT2D eigenvalue weighted by molar-refractivity contribution is -0.123. The number of carbonyl (C=O) groups is 2. The monoisotopic (exact) mass is 444 g/mol. The number of benzene rings is 1. The quantitative estimate of drug-likeness (QED) is 0.716. The zero-order valence-electron chi connectivity index (χ0n) is 16.6. The molecule has 1 saturated heterocycles. The normalized spacial score (nSPS) is 38.7. The van der Waals surface area contributed by atoms with Gasteiger partial charge in [-0.25, -0.2) is 4.39 Å². The van der Waals surface area contributed by atoms with Crippen LogP contribution >= 0.6 is 23.1 Å². The first-order chi connectivity index (χ1) is 14.3. The number of halogens is 1. The molecule has 1 N–H and O–H groups in total. The van der Waals surface area contributed by atoms with E-state index in [1.807, 2.05) is 0 Å². The molecule has 0 unspecified atom stereocenters.